The highest BCUT2D eigenvalue weighted by Crippen LogP contribution is 2.39. The number of benzene rings is 3. The number of anilines is 1. The van der Waals surface area contributed by atoms with Crippen molar-refractivity contribution in [1.29, 1.82) is 0 Å². The molecule has 0 fully saturated rings. The van der Waals surface area contributed by atoms with Gasteiger partial charge in [0.1, 0.15) is 24.8 Å². The van der Waals surface area contributed by atoms with Crippen LogP contribution in [0.15, 0.2) is 77.3 Å². The van der Waals surface area contributed by atoms with Crippen molar-refractivity contribution in [2.75, 3.05) is 17.6 Å². The van der Waals surface area contributed by atoms with E-state index in [1.165, 1.54) is 36.4 Å². The fourth-order valence-electron chi connectivity index (χ4n) is 3.88. The minimum atomic E-state index is -3.47. The zero-order valence-corrected chi connectivity index (χ0v) is 19.8. The molecular formula is C25H20FN3O6S. The number of hydrogen-bond donors (Lipinski definition) is 1. The van der Waals surface area contributed by atoms with Crippen LogP contribution in [0.2, 0.25) is 0 Å². The minimum Gasteiger partial charge on any atom is -0.489 e. The lowest BCUT2D eigenvalue weighted by molar-refractivity contribution is -0.0706. The first kappa shape index (κ1) is 23.6. The smallest absolute Gasteiger partial charge is 0.258 e. The molecule has 1 aliphatic heterocycles. The van der Waals surface area contributed by atoms with Crippen LogP contribution < -0.4 is 9.46 Å². The van der Waals surface area contributed by atoms with Crippen molar-refractivity contribution in [2.45, 2.75) is 12.2 Å². The zero-order valence-electron chi connectivity index (χ0n) is 19.0. The van der Waals surface area contributed by atoms with Crippen LogP contribution in [-0.2, 0) is 27.0 Å². The minimum absolute atomic E-state index is 0.121. The SMILES string of the molecule is CS(=O)(=O)Nc1ccc(C2(OCc3noc(-c4ccc(F)cc4)n3)COc3ccccc3C2=O)cc1. The lowest BCUT2D eigenvalue weighted by atomic mass is 9.84. The van der Waals surface area contributed by atoms with Gasteiger partial charge in [0.2, 0.25) is 15.8 Å². The lowest BCUT2D eigenvalue weighted by Gasteiger charge is -2.36. The second-order valence-corrected chi connectivity index (χ2v) is 9.95. The maximum atomic E-state index is 13.7. The topological polar surface area (TPSA) is 121 Å². The normalized spacial score (nSPS) is 17.3. The highest BCUT2D eigenvalue weighted by atomic mass is 32.2. The van der Waals surface area contributed by atoms with E-state index in [-0.39, 0.29) is 30.7 Å². The van der Waals surface area contributed by atoms with Gasteiger partial charge >= 0.3 is 0 Å². The zero-order chi connectivity index (χ0) is 25.3. The van der Waals surface area contributed by atoms with Gasteiger partial charge in [-0.15, -0.1) is 0 Å². The Morgan fingerprint density at radius 3 is 2.50 bits per heavy atom. The molecule has 0 radical (unpaired) electrons. The van der Waals surface area contributed by atoms with Gasteiger partial charge in [0.25, 0.3) is 5.89 Å². The first-order valence-corrected chi connectivity index (χ1v) is 12.7. The number of ether oxygens (including phenoxy) is 2. The van der Waals surface area contributed by atoms with E-state index < -0.39 is 21.4 Å². The lowest BCUT2D eigenvalue weighted by Crippen LogP contribution is -2.47. The molecule has 0 saturated heterocycles. The molecule has 1 N–H and O–H groups in total. The Bertz CT molecular complexity index is 1520. The van der Waals surface area contributed by atoms with Gasteiger partial charge in [-0.25, -0.2) is 12.8 Å². The van der Waals surface area contributed by atoms with Crippen LogP contribution in [0.5, 0.6) is 5.75 Å². The van der Waals surface area contributed by atoms with E-state index in [9.17, 15) is 17.6 Å². The molecule has 4 aromatic rings. The van der Waals surface area contributed by atoms with Crippen molar-refractivity contribution in [1.82, 2.24) is 10.1 Å². The van der Waals surface area contributed by atoms with Gasteiger partial charge in [0.05, 0.1) is 11.8 Å². The third-order valence-electron chi connectivity index (χ3n) is 5.59. The number of aromatic nitrogens is 2. The molecule has 5 rings (SSSR count). The van der Waals surface area contributed by atoms with Crippen LogP contribution in [0.25, 0.3) is 11.5 Å². The molecular weight excluding hydrogens is 489 g/mol. The molecule has 11 heteroatoms. The number of ketones is 1. The molecule has 0 saturated carbocycles. The molecule has 0 bridgehead atoms. The second kappa shape index (κ2) is 9.17. The Morgan fingerprint density at radius 2 is 1.78 bits per heavy atom. The summed E-state index contributed by atoms with van der Waals surface area (Å²) in [4.78, 5) is 18.0. The van der Waals surface area contributed by atoms with E-state index in [1.807, 2.05) is 0 Å². The molecule has 184 valence electrons. The molecule has 9 nitrogen and oxygen atoms in total. The molecule has 0 amide bonds. The Labute approximate surface area is 205 Å². The number of rotatable bonds is 7. The number of carbonyl (C=O) groups excluding carboxylic acids is 1. The van der Waals surface area contributed by atoms with Crippen LogP contribution in [0, 0.1) is 5.82 Å². The number of para-hydroxylation sites is 1. The number of fused-ring (bicyclic) bond motifs is 1. The molecule has 2 heterocycles. The van der Waals surface area contributed by atoms with Crippen molar-refractivity contribution in [3.05, 3.63) is 95.6 Å². The van der Waals surface area contributed by atoms with E-state index in [1.54, 1.807) is 36.4 Å². The van der Waals surface area contributed by atoms with E-state index in [0.29, 0.717) is 28.1 Å². The van der Waals surface area contributed by atoms with Gasteiger partial charge in [0.15, 0.2) is 11.4 Å². The summed E-state index contributed by atoms with van der Waals surface area (Å²) in [5.74, 6) is 0.0782. The van der Waals surface area contributed by atoms with Crippen LogP contribution in [0.4, 0.5) is 10.1 Å². The number of hydrogen-bond acceptors (Lipinski definition) is 8. The molecule has 1 atom stereocenters. The predicted molar refractivity (Wildman–Crippen MR) is 127 cm³/mol. The number of nitrogens with one attached hydrogen (secondary N) is 1. The summed E-state index contributed by atoms with van der Waals surface area (Å²) in [6, 6.07) is 18.7. The highest BCUT2D eigenvalue weighted by Gasteiger charge is 2.47. The number of nitrogens with zero attached hydrogens (tertiary/aromatic N) is 2. The molecule has 1 aliphatic rings. The number of carbonyl (C=O) groups is 1. The summed E-state index contributed by atoms with van der Waals surface area (Å²) in [5.41, 5.74) is 0.132. The first-order valence-electron chi connectivity index (χ1n) is 10.8. The van der Waals surface area contributed by atoms with E-state index in [2.05, 4.69) is 14.9 Å². The summed E-state index contributed by atoms with van der Waals surface area (Å²) in [6.07, 6.45) is 1.05. The summed E-state index contributed by atoms with van der Waals surface area (Å²) >= 11 is 0. The highest BCUT2D eigenvalue weighted by molar-refractivity contribution is 7.92. The van der Waals surface area contributed by atoms with Crippen LogP contribution >= 0.6 is 0 Å². The van der Waals surface area contributed by atoms with Crippen LogP contribution in [-0.4, -0.2) is 37.2 Å². The average Bonchev–Trinajstić information content (AvgIpc) is 3.33. The summed E-state index contributed by atoms with van der Waals surface area (Å²) < 4.78 is 56.1. The van der Waals surface area contributed by atoms with Gasteiger partial charge in [-0.3, -0.25) is 9.52 Å². The van der Waals surface area contributed by atoms with Gasteiger partial charge < -0.3 is 14.0 Å². The van der Waals surface area contributed by atoms with Crippen LogP contribution in [0.1, 0.15) is 21.7 Å². The molecule has 1 unspecified atom stereocenters. The van der Waals surface area contributed by atoms with Crippen LogP contribution in [0.3, 0.4) is 0 Å². The Morgan fingerprint density at radius 1 is 1.06 bits per heavy atom. The van der Waals surface area contributed by atoms with E-state index >= 15 is 0 Å². The van der Waals surface area contributed by atoms with E-state index in [0.717, 1.165) is 6.26 Å². The molecule has 3 aromatic carbocycles. The predicted octanol–water partition coefficient (Wildman–Crippen LogP) is 3.93. The Balaban J connectivity index is 1.46. The third kappa shape index (κ3) is 4.70. The first-order chi connectivity index (χ1) is 17.2. The Kier molecular flexibility index (Phi) is 6.02. The standard InChI is InChI=1S/C25H20FN3O6S/c1-36(31,32)29-19-12-8-17(9-13-19)25(15-33-21-5-3-2-4-20(21)23(25)30)34-14-22-27-24(35-28-22)16-6-10-18(26)11-7-16/h2-13,29H,14-15H2,1H3. The maximum Gasteiger partial charge on any atom is 0.258 e. The second-order valence-electron chi connectivity index (χ2n) is 8.20. The monoisotopic (exact) mass is 509 g/mol. The van der Waals surface area contributed by atoms with Crippen molar-refractivity contribution in [3.63, 3.8) is 0 Å². The summed E-state index contributed by atoms with van der Waals surface area (Å²) in [5, 5.41) is 3.91. The van der Waals surface area contributed by atoms with Gasteiger partial charge in [-0.05, 0) is 54.1 Å². The number of sulfonamides is 1. The molecule has 36 heavy (non-hydrogen) atoms. The van der Waals surface area contributed by atoms with Crippen molar-refractivity contribution in [3.8, 4) is 17.2 Å². The number of Topliss-reactive ketones (excluding diaryl/α,β-unsaturated/α-hetero) is 1. The van der Waals surface area contributed by atoms with Gasteiger partial charge in [0, 0.05) is 11.3 Å². The van der Waals surface area contributed by atoms with Crippen molar-refractivity contribution < 1.29 is 31.6 Å². The van der Waals surface area contributed by atoms with Gasteiger partial charge in [-0.2, -0.15) is 4.98 Å². The molecule has 0 aliphatic carbocycles. The fourth-order valence-corrected chi connectivity index (χ4v) is 4.44. The molecule has 1 aromatic heterocycles. The van der Waals surface area contributed by atoms with Crippen molar-refractivity contribution in [2.24, 2.45) is 0 Å². The quantitative estimate of drug-likeness (QED) is 0.398. The third-order valence-corrected chi connectivity index (χ3v) is 6.20. The summed E-state index contributed by atoms with van der Waals surface area (Å²) in [6.45, 7) is -0.310. The Hall–Kier alpha value is -4.09. The van der Waals surface area contributed by atoms with E-state index in [4.69, 9.17) is 14.0 Å². The number of halogens is 1. The summed E-state index contributed by atoms with van der Waals surface area (Å²) in [7, 11) is -3.47. The maximum absolute atomic E-state index is 13.7. The largest absolute Gasteiger partial charge is 0.489 e. The van der Waals surface area contributed by atoms with Gasteiger partial charge in [-0.1, -0.05) is 29.4 Å². The molecule has 0 spiro atoms. The van der Waals surface area contributed by atoms with Crippen molar-refractivity contribution >= 4 is 21.5 Å². The average molecular weight is 510 g/mol. The fraction of sp³-hybridized carbons (Fsp3) is 0.160.